The van der Waals surface area contributed by atoms with Crippen LogP contribution in [0.1, 0.15) is 182 Å². The summed E-state index contributed by atoms with van der Waals surface area (Å²) in [5.74, 6) is 8.23. The van der Waals surface area contributed by atoms with E-state index in [1.165, 1.54) is 148 Å². The normalized spacial score (nSPS) is 9.89. The van der Waals surface area contributed by atoms with Gasteiger partial charge in [-0.3, -0.25) is 0 Å². The van der Waals surface area contributed by atoms with E-state index in [4.69, 9.17) is 23.2 Å². The zero-order valence-corrected chi connectivity index (χ0v) is 30.0. The summed E-state index contributed by atoms with van der Waals surface area (Å²) in [6.45, 7) is 4.55. The minimum Gasteiger partial charge on any atom is -0.127 e. The van der Waals surface area contributed by atoms with Crippen molar-refractivity contribution in [3.05, 3.63) is 0 Å². The third-order valence-corrected chi connectivity index (χ3v) is 6.99. The van der Waals surface area contributed by atoms with Gasteiger partial charge in [0, 0.05) is 62.0 Å². The average Bonchev–Trinajstić information content (AvgIpc) is 2.85. The van der Waals surface area contributed by atoms with E-state index in [9.17, 15) is 0 Å². The van der Waals surface area contributed by atoms with Crippen molar-refractivity contribution in [1.29, 1.82) is 0 Å². The third-order valence-electron chi connectivity index (χ3n) is 6.45. The molecular weight excluding hydrogens is 579 g/mol. The minimum absolute atomic E-state index is 0. The predicted molar refractivity (Wildman–Crippen MR) is 163 cm³/mol. The Morgan fingerprint density at radius 3 is 0.861 bits per heavy atom. The summed E-state index contributed by atoms with van der Waals surface area (Å²) in [6, 6.07) is 0. The van der Waals surface area contributed by atoms with Crippen molar-refractivity contribution in [2.75, 3.05) is 11.8 Å². The molecule has 0 aromatic heterocycles. The fourth-order valence-corrected chi connectivity index (χ4v) is 4.50. The summed E-state index contributed by atoms with van der Waals surface area (Å²) in [6.07, 6.45) is 35.2. The summed E-state index contributed by atoms with van der Waals surface area (Å²) in [4.78, 5) is 0. The van der Waals surface area contributed by atoms with Gasteiger partial charge in [-0.2, -0.15) is 0 Å². The van der Waals surface area contributed by atoms with Crippen LogP contribution in [0.2, 0.25) is 0 Å². The van der Waals surface area contributed by atoms with Crippen LogP contribution in [-0.2, 0) is 36.0 Å². The van der Waals surface area contributed by atoms with Crippen LogP contribution in [0.15, 0.2) is 0 Å². The smallest absolute Gasteiger partial charge is 0.0223 e. The van der Waals surface area contributed by atoms with E-state index >= 15 is 0 Å². The van der Waals surface area contributed by atoms with Crippen LogP contribution >= 0.6 is 23.2 Å². The van der Waals surface area contributed by atoms with Gasteiger partial charge in [-0.25, -0.2) is 0 Å². The molecule has 0 saturated carbocycles. The molecule has 0 amide bonds. The molecule has 36 heavy (non-hydrogen) atoms. The average molecular weight is 644 g/mol. The van der Waals surface area contributed by atoms with Crippen LogP contribution < -0.4 is 0 Å². The van der Waals surface area contributed by atoms with Crippen LogP contribution in [0, 0.1) is 11.8 Å². The monoisotopic (exact) mass is 640 g/mol. The standard InChI is InChI=1S/C16H33Cl.C16H29Cl.Ni.Zn.H2/c2*1-2-3-4-5-6-7-8-9-10-11-12-13-14-15-16-17;;;/h2-16H2,1H3;2-8,11-16H2,1H3;;;1H. The first-order chi connectivity index (χ1) is 16.8. The number of alkyl halides is 2. The van der Waals surface area contributed by atoms with Gasteiger partial charge in [-0.1, -0.05) is 142 Å². The maximum Gasteiger partial charge on any atom is 0.0223 e. The second-order valence-corrected chi connectivity index (χ2v) is 10.8. The van der Waals surface area contributed by atoms with Crippen molar-refractivity contribution in [2.24, 2.45) is 0 Å². The molecule has 0 bridgehead atoms. The van der Waals surface area contributed by atoms with Gasteiger partial charge in [0.2, 0.25) is 0 Å². The Morgan fingerprint density at radius 2 is 0.611 bits per heavy atom. The summed E-state index contributed by atoms with van der Waals surface area (Å²) in [7, 11) is 0. The second-order valence-electron chi connectivity index (χ2n) is 10.0. The second kappa shape index (κ2) is 46.1. The first-order valence-corrected chi connectivity index (χ1v) is 16.5. The molecule has 0 saturated heterocycles. The molecular formula is C32H64Cl2NiZn. The van der Waals surface area contributed by atoms with Crippen molar-refractivity contribution >= 4 is 23.2 Å². The van der Waals surface area contributed by atoms with Gasteiger partial charge in [0.05, 0.1) is 0 Å². The van der Waals surface area contributed by atoms with Gasteiger partial charge >= 0.3 is 0 Å². The van der Waals surface area contributed by atoms with Gasteiger partial charge in [-0.05, 0) is 25.7 Å². The molecule has 0 nitrogen and oxygen atoms in total. The molecule has 0 unspecified atom stereocenters. The molecule has 0 aliphatic carbocycles. The fourth-order valence-electron chi connectivity index (χ4n) is 4.12. The van der Waals surface area contributed by atoms with Crippen LogP contribution in [0.3, 0.4) is 0 Å². The fraction of sp³-hybridized carbons (Fsp3) is 0.938. The number of halogens is 2. The summed E-state index contributed by atoms with van der Waals surface area (Å²) >= 11 is 11.3. The van der Waals surface area contributed by atoms with Crippen LogP contribution in [0.4, 0.5) is 0 Å². The predicted octanol–water partition coefficient (Wildman–Crippen LogP) is 12.9. The first kappa shape index (κ1) is 44.3. The molecule has 4 heteroatoms. The van der Waals surface area contributed by atoms with E-state index in [-0.39, 0.29) is 37.4 Å². The summed E-state index contributed by atoms with van der Waals surface area (Å²) in [5.41, 5.74) is 0. The topological polar surface area (TPSA) is 0 Å². The molecule has 0 aliphatic heterocycles. The maximum atomic E-state index is 5.64. The minimum atomic E-state index is 0. The van der Waals surface area contributed by atoms with Gasteiger partial charge in [0.1, 0.15) is 0 Å². The summed E-state index contributed by atoms with van der Waals surface area (Å²) in [5, 5.41) is 0. The Bertz CT molecular complexity index is 388. The number of rotatable bonds is 25. The van der Waals surface area contributed by atoms with Crippen molar-refractivity contribution in [1.82, 2.24) is 0 Å². The number of hydrogen-bond acceptors (Lipinski definition) is 0. The molecule has 0 radical (unpaired) electrons. The van der Waals surface area contributed by atoms with Crippen molar-refractivity contribution in [3.63, 3.8) is 0 Å². The molecule has 0 heterocycles. The Hall–Kier alpha value is 1.26. The molecule has 0 rings (SSSR count). The molecule has 0 atom stereocenters. The van der Waals surface area contributed by atoms with Crippen molar-refractivity contribution in [2.45, 2.75) is 181 Å². The molecule has 0 fully saturated rings. The van der Waals surface area contributed by atoms with Gasteiger partial charge < -0.3 is 0 Å². The Labute approximate surface area is 263 Å². The zero-order valence-electron chi connectivity index (χ0n) is 24.6. The van der Waals surface area contributed by atoms with E-state index in [0.717, 1.165) is 31.0 Å². The molecule has 218 valence electrons. The molecule has 0 spiro atoms. The Kier molecular flexibility index (Phi) is 56.7. The molecule has 0 aromatic rings. The van der Waals surface area contributed by atoms with E-state index < -0.39 is 0 Å². The van der Waals surface area contributed by atoms with Crippen molar-refractivity contribution in [3.8, 4) is 11.8 Å². The Morgan fingerprint density at radius 1 is 0.389 bits per heavy atom. The quantitative estimate of drug-likeness (QED) is 0.0402. The van der Waals surface area contributed by atoms with E-state index in [0.29, 0.717) is 0 Å². The number of hydrogen-bond donors (Lipinski definition) is 0. The van der Waals surface area contributed by atoms with Crippen molar-refractivity contribution < 1.29 is 37.4 Å². The number of unbranched alkanes of at least 4 members (excludes halogenated alkanes) is 23. The molecule has 0 N–H and O–H groups in total. The SMILES string of the molecule is CCCCCCCCC#CCCCCCCCl.CCCCCCCCCCCCCCCCCl.[HH].[Ni].[Zn]. The third kappa shape index (κ3) is 48.3. The first-order valence-electron chi connectivity index (χ1n) is 15.4. The Balaban J connectivity index is -0.000000171. The van der Waals surface area contributed by atoms with Gasteiger partial charge in [-0.15, -0.1) is 35.0 Å². The summed E-state index contributed by atoms with van der Waals surface area (Å²) < 4.78 is 0. The van der Waals surface area contributed by atoms with Gasteiger partial charge in [0.25, 0.3) is 0 Å². The largest absolute Gasteiger partial charge is 0.127 e. The van der Waals surface area contributed by atoms with Gasteiger partial charge in [0.15, 0.2) is 0 Å². The molecule has 0 aliphatic rings. The van der Waals surface area contributed by atoms with Crippen LogP contribution in [0.5, 0.6) is 0 Å². The van der Waals surface area contributed by atoms with E-state index in [1.54, 1.807) is 0 Å². The van der Waals surface area contributed by atoms with E-state index in [1.807, 2.05) is 0 Å². The van der Waals surface area contributed by atoms with Crippen LogP contribution in [-0.4, -0.2) is 11.8 Å². The van der Waals surface area contributed by atoms with Crippen LogP contribution in [0.25, 0.3) is 0 Å². The van der Waals surface area contributed by atoms with E-state index in [2.05, 4.69) is 25.7 Å². The maximum absolute atomic E-state index is 5.64. The molecule has 0 aromatic carbocycles. The zero-order chi connectivity index (χ0) is 25.2.